The minimum atomic E-state index is -0.215. The van der Waals surface area contributed by atoms with Gasteiger partial charge in [-0.2, -0.15) is 0 Å². The number of carbonyl (C=O) groups excluding carboxylic acids is 1. The van der Waals surface area contributed by atoms with Gasteiger partial charge in [-0.15, -0.1) is 11.6 Å². The molecule has 0 aliphatic heterocycles. The number of amides is 1. The molecule has 0 bridgehead atoms. The van der Waals surface area contributed by atoms with Crippen LogP contribution in [0, 0.1) is 0 Å². The van der Waals surface area contributed by atoms with Crippen LogP contribution in [-0.2, 0) is 9.53 Å². The second kappa shape index (κ2) is 5.73. The zero-order valence-electron chi connectivity index (χ0n) is 8.79. The summed E-state index contributed by atoms with van der Waals surface area (Å²) in [7, 11) is 1.63. The number of carbonyl (C=O) groups is 1. The Morgan fingerprint density at radius 1 is 1.53 bits per heavy atom. The number of ether oxygens (including phenoxy) is 1. The lowest BCUT2D eigenvalue weighted by Crippen LogP contribution is -2.14. The van der Waals surface area contributed by atoms with E-state index in [0.717, 1.165) is 11.3 Å². The van der Waals surface area contributed by atoms with Crippen molar-refractivity contribution in [2.45, 2.75) is 13.0 Å². The van der Waals surface area contributed by atoms with Crippen LogP contribution >= 0.6 is 11.6 Å². The Morgan fingerprint density at radius 3 is 2.80 bits per heavy atom. The van der Waals surface area contributed by atoms with Crippen LogP contribution in [0.25, 0.3) is 0 Å². The lowest BCUT2D eigenvalue weighted by atomic mass is 10.1. The number of hydrogen-bond donors (Lipinski definition) is 1. The molecule has 0 aliphatic carbocycles. The van der Waals surface area contributed by atoms with Crippen LogP contribution in [0.1, 0.15) is 18.6 Å². The Morgan fingerprint density at radius 2 is 2.20 bits per heavy atom. The van der Waals surface area contributed by atoms with Crippen molar-refractivity contribution in [3.05, 3.63) is 29.8 Å². The summed E-state index contributed by atoms with van der Waals surface area (Å²) in [5, 5.41) is 2.72. The number of alkyl halides is 1. The number of para-hydroxylation sites is 1. The molecule has 1 atom stereocenters. The average Bonchev–Trinajstić information content (AvgIpc) is 2.28. The molecule has 1 aromatic rings. The molecule has 0 saturated heterocycles. The zero-order valence-corrected chi connectivity index (χ0v) is 9.54. The summed E-state index contributed by atoms with van der Waals surface area (Å²) in [5.41, 5.74) is 1.69. The molecule has 4 heteroatoms. The number of benzene rings is 1. The maximum Gasteiger partial charge on any atom is 0.239 e. The summed E-state index contributed by atoms with van der Waals surface area (Å²) < 4.78 is 5.21. The van der Waals surface area contributed by atoms with E-state index in [4.69, 9.17) is 16.3 Å². The monoisotopic (exact) mass is 227 g/mol. The third kappa shape index (κ3) is 3.22. The molecule has 0 radical (unpaired) electrons. The third-order valence-electron chi connectivity index (χ3n) is 2.15. The van der Waals surface area contributed by atoms with Crippen LogP contribution in [-0.4, -0.2) is 18.9 Å². The third-order valence-corrected chi connectivity index (χ3v) is 2.39. The number of rotatable bonds is 4. The molecule has 82 valence electrons. The molecule has 0 heterocycles. The van der Waals surface area contributed by atoms with Gasteiger partial charge in [-0.3, -0.25) is 4.79 Å². The van der Waals surface area contributed by atoms with E-state index in [0.29, 0.717) is 0 Å². The smallest absolute Gasteiger partial charge is 0.239 e. The number of hydrogen-bond acceptors (Lipinski definition) is 2. The van der Waals surface area contributed by atoms with Crippen molar-refractivity contribution >= 4 is 23.2 Å². The highest BCUT2D eigenvalue weighted by Gasteiger charge is 2.10. The van der Waals surface area contributed by atoms with Gasteiger partial charge in [0.15, 0.2) is 0 Å². The van der Waals surface area contributed by atoms with Crippen molar-refractivity contribution in [2.24, 2.45) is 0 Å². The molecule has 1 rings (SSSR count). The standard InChI is InChI=1S/C11H14ClNO2/c1-8(15-2)9-5-3-4-6-10(9)13-11(14)7-12/h3-6,8H,7H2,1-2H3,(H,13,14). The van der Waals surface area contributed by atoms with Crippen LogP contribution in [0.15, 0.2) is 24.3 Å². The first kappa shape index (κ1) is 12.0. The highest BCUT2D eigenvalue weighted by molar-refractivity contribution is 6.29. The minimum absolute atomic E-state index is 0.0459. The SMILES string of the molecule is COC(C)c1ccccc1NC(=O)CCl. The van der Waals surface area contributed by atoms with E-state index in [2.05, 4.69) is 5.32 Å². The molecule has 1 unspecified atom stereocenters. The first-order chi connectivity index (χ1) is 7.19. The van der Waals surface area contributed by atoms with Gasteiger partial charge >= 0.3 is 0 Å². The fourth-order valence-electron chi connectivity index (χ4n) is 1.28. The van der Waals surface area contributed by atoms with Crippen LogP contribution in [0.5, 0.6) is 0 Å². The maximum atomic E-state index is 11.2. The Labute approximate surface area is 94.4 Å². The fourth-order valence-corrected chi connectivity index (χ4v) is 1.34. The summed E-state index contributed by atoms with van der Waals surface area (Å²) in [5.74, 6) is -0.261. The summed E-state index contributed by atoms with van der Waals surface area (Å²) >= 11 is 5.42. The molecular formula is C11H14ClNO2. The van der Waals surface area contributed by atoms with E-state index in [-0.39, 0.29) is 17.9 Å². The van der Waals surface area contributed by atoms with Gasteiger partial charge in [0.25, 0.3) is 0 Å². The van der Waals surface area contributed by atoms with Gasteiger partial charge in [-0.1, -0.05) is 18.2 Å². The van der Waals surface area contributed by atoms with Gasteiger partial charge in [-0.25, -0.2) is 0 Å². The first-order valence-corrected chi connectivity index (χ1v) is 5.20. The summed E-state index contributed by atoms with van der Waals surface area (Å²) in [6, 6.07) is 7.50. The first-order valence-electron chi connectivity index (χ1n) is 4.66. The van der Waals surface area contributed by atoms with Crippen molar-refractivity contribution < 1.29 is 9.53 Å². The van der Waals surface area contributed by atoms with E-state index in [1.54, 1.807) is 7.11 Å². The number of halogens is 1. The Hall–Kier alpha value is -1.06. The van der Waals surface area contributed by atoms with Crippen molar-refractivity contribution in [1.29, 1.82) is 0 Å². The molecule has 0 aliphatic rings. The molecule has 1 N–H and O–H groups in total. The molecular weight excluding hydrogens is 214 g/mol. The molecule has 0 spiro atoms. The average molecular weight is 228 g/mol. The van der Waals surface area contributed by atoms with E-state index >= 15 is 0 Å². The Bertz CT molecular complexity index is 341. The summed E-state index contributed by atoms with van der Waals surface area (Å²) in [6.07, 6.45) is -0.0585. The van der Waals surface area contributed by atoms with Gasteiger partial charge in [0, 0.05) is 18.4 Å². The Balaban J connectivity index is 2.91. The lowest BCUT2D eigenvalue weighted by molar-refractivity contribution is -0.113. The van der Waals surface area contributed by atoms with E-state index in [1.807, 2.05) is 31.2 Å². The molecule has 3 nitrogen and oxygen atoms in total. The Kier molecular flexibility index (Phi) is 4.59. The van der Waals surface area contributed by atoms with Gasteiger partial charge in [-0.05, 0) is 13.0 Å². The summed E-state index contributed by atoms with van der Waals surface area (Å²) in [4.78, 5) is 11.2. The minimum Gasteiger partial charge on any atom is -0.377 e. The number of methoxy groups -OCH3 is 1. The molecule has 0 fully saturated rings. The zero-order chi connectivity index (χ0) is 11.3. The largest absolute Gasteiger partial charge is 0.377 e. The topological polar surface area (TPSA) is 38.3 Å². The molecule has 0 saturated carbocycles. The van der Waals surface area contributed by atoms with Gasteiger partial charge < -0.3 is 10.1 Å². The molecule has 0 aromatic heterocycles. The van der Waals surface area contributed by atoms with E-state index in [1.165, 1.54) is 0 Å². The van der Waals surface area contributed by atoms with Gasteiger partial charge in [0.2, 0.25) is 5.91 Å². The van der Waals surface area contributed by atoms with Crippen LogP contribution in [0.3, 0.4) is 0 Å². The predicted molar refractivity (Wildman–Crippen MR) is 61.2 cm³/mol. The van der Waals surface area contributed by atoms with Crippen molar-refractivity contribution in [3.8, 4) is 0 Å². The van der Waals surface area contributed by atoms with Crippen LogP contribution in [0.2, 0.25) is 0 Å². The normalized spacial score (nSPS) is 12.2. The van der Waals surface area contributed by atoms with Crippen LogP contribution < -0.4 is 5.32 Å². The van der Waals surface area contributed by atoms with E-state index < -0.39 is 0 Å². The van der Waals surface area contributed by atoms with Gasteiger partial charge in [0.1, 0.15) is 5.88 Å². The summed E-state index contributed by atoms with van der Waals surface area (Å²) in [6.45, 7) is 1.92. The van der Waals surface area contributed by atoms with Crippen molar-refractivity contribution in [2.75, 3.05) is 18.3 Å². The number of nitrogens with one attached hydrogen (secondary N) is 1. The maximum absolute atomic E-state index is 11.2. The second-order valence-corrected chi connectivity index (χ2v) is 3.41. The molecule has 15 heavy (non-hydrogen) atoms. The van der Waals surface area contributed by atoms with Crippen molar-refractivity contribution in [1.82, 2.24) is 0 Å². The van der Waals surface area contributed by atoms with E-state index in [9.17, 15) is 4.79 Å². The quantitative estimate of drug-likeness (QED) is 0.803. The number of anilines is 1. The fraction of sp³-hybridized carbons (Fsp3) is 0.364. The second-order valence-electron chi connectivity index (χ2n) is 3.15. The van der Waals surface area contributed by atoms with Crippen LogP contribution in [0.4, 0.5) is 5.69 Å². The predicted octanol–water partition coefficient (Wildman–Crippen LogP) is 2.57. The molecule has 1 aromatic carbocycles. The van der Waals surface area contributed by atoms with Gasteiger partial charge in [0.05, 0.1) is 6.10 Å². The highest BCUT2D eigenvalue weighted by Crippen LogP contribution is 2.24. The lowest BCUT2D eigenvalue weighted by Gasteiger charge is -2.15. The highest BCUT2D eigenvalue weighted by atomic mass is 35.5. The van der Waals surface area contributed by atoms with Crippen molar-refractivity contribution in [3.63, 3.8) is 0 Å². The molecule has 1 amide bonds.